The molecule has 1 N–H and O–H groups in total. The van der Waals surface area contributed by atoms with E-state index < -0.39 is 6.17 Å². The quantitative estimate of drug-likeness (QED) is 0.472. The van der Waals surface area contributed by atoms with Crippen LogP contribution < -0.4 is 5.32 Å². The third-order valence-corrected chi connectivity index (χ3v) is 5.89. The van der Waals surface area contributed by atoms with Gasteiger partial charge in [-0.2, -0.15) is 4.98 Å². The highest BCUT2D eigenvalue weighted by atomic mass is 19.1. The second kappa shape index (κ2) is 6.60. The molecule has 2 aliphatic rings. The monoisotopic (exact) mass is 415 g/mol. The van der Waals surface area contributed by atoms with Crippen molar-refractivity contribution >= 4 is 11.6 Å². The first-order valence-corrected chi connectivity index (χ1v) is 10.1. The van der Waals surface area contributed by atoms with Gasteiger partial charge in [0.2, 0.25) is 11.7 Å². The molecule has 4 aromatic rings. The number of alkyl halides is 1. The van der Waals surface area contributed by atoms with Crippen LogP contribution in [-0.4, -0.2) is 31.8 Å². The van der Waals surface area contributed by atoms with Crippen LogP contribution in [-0.2, 0) is 6.54 Å². The van der Waals surface area contributed by atoms with E-state index in [9.17, 15) is 9.18 Å². The molecule has 0 bridgehead atoms. The van der Waals surface area contributed by atoms with Crippen molar-refractivity contribution in [1.29, 1.82) is 0 Å². The first-order valence-electron chi connectivity index (χ1n) is 10.1. The Balaban J connectivity index is 1.27. The molecule has 7 nitrogen and oxygen atoms in total. The Morgan fingerprint density at radius 3 is 2.94 bits per heavy atom. The summed E-state index contributed by atoms with van der Waals surface area (Å²) in [5, 5.41) is 6.95. The van der Waals surface area contributed by atoms with Gasteiger partial charge < -0.3 is 14.4 Å². The second-order valence-electron chi connectivity index (χ2n) is 8.01. The third-order valence-electron chi connectivity index (χ3n) is 5.89. The van der Waals surface area contributed by atoms with E-state index in [0.717, 1.165) is 22.5 Å². The first-order chi connectivity index (χ1) is 15.1. The minimum atomic E-state index is -0.898. The fourth-order valence-corrected chi connectivity index (χ4v) is 3.98. The van der Waals surface area contributed by atoms with Crippen LogP contribution >= 0.6 is 0 Å². The topological polar surface area (TPSA) is 85.8 Å². The third kappa shape index (κ3) is 2.94. The fourth-order valence-electron chi connectivity index (χ4n) is 3.98. The molecule has 2 aromatic heterocycles. The van der Waals surface area contributed by atoms with Gasteiger partial charge in [0.15, 0.2) is 0 Å². The minimum absolute atomic E-state index is 0.237. The van der Waals surface area contributed by atoms with Gasteiger partial charge in [-0.05, 0) is 30.5 Å². The lowest BCUT2D eigenvalue weighted by Gasteiger charge is -2.10. The van der Waals surface area contributed by atoms with E-state index in [0.29, 0.717) is 41.6 Å². The Kier molecular flexibility index (Phi) is 3.83. The summed E-state index contributed by atoms with van der Waals surface area (Å²) < 4.78 is 20.4. The number of carbonyl (C=O) groups excluding carboxylic acids is 1. The van der Waals surface area contributed by atoms with Gasteiger partial charge in [-0.1, -0.05) is 41.6 Å². The molecule has 1 amide bonds. The van der Waals surface area contributed by atoms with Crippen LogP contribution in [0.15, 0.2) is 53.2 Å². The molecule has 1 saturated carbocycles. The average molecular weight is 415 g/mol. The molecular formula is C23H18FN5O2. The van der Waals surface area contributed by atoms with Crippen LogP contribution in [0.1, 0.15) is 39.8 Å². The lowest BCUT2D eigenvalue weighted by molar-refractivity contribution is 0.101. The van der Waals surface area contributed by atoms with Crippen LogP contribution in [0.2, 0.25) is 0 Å². The number of hydrogen-bond donors (Lipinski definition) is 1. The number of nitrogens with zero attached hydrogens (tertiary/aromatic N) is 4. The van der Waals surface area contributed by atoms with Crippen molar-refractivity contribution in [2.75, 3.05) is 5.32 Å². The average Bonchev–Trinajstić information content (AvgIpc) is 3.16. The van der Waals surface area contributed by atoms with Crippen molar-refractivity contribution in [3.63, 3.8) is 0 Å². The van der Waals surface area contributed by atoms with Crippen molar-refractivity contribution in [2.45, 2.75) is 32.0 Å². The highest BCUT2D eigenvalue weighted by Gasteiger charge is 2.43. The van der Waals surface area contributed by atoms with E-state index in [4.69, 9.17) is 4.52 Å². The van der Waals surface area contributed by atoms with Gasteiger partial charge in [0.1, 0.15) is 17.7 Å². The van der Waals surface area contributed by atoms with Gasteiger partial charge in [0.25, 0.3) is 5.91 Å². The Hall–Kier alpha value is -3.81. The molecule has 1 fully saturated rings. The maximum atomic E-state index is 13.3. The van der Waals surface area contributed by atoms with Crippen molar-refractivity contribution < 1.29 is 13.7 Å². The number of hydrogen-bond acceptors (Lipinski definition) is 5. The van der Waals surface area contributed by atoms with Gasteiger partial charge in [0, 0.05) is 16.8 Å². The Bertz CT molecular complexity index is 1340. The van der Waals surface area contributed by atoms with Crippen LogP contribution in [0.25, 0.3) is 22.8 Å². The number of carbonyl (C=O) groups is 1. The molecule has 1 aliphatic heterocycles. The van der Waals surface area contributed by atoms with Crippen molar-refractivity contribution in [2.24, 2.45) is 0 Å². The zero-order valence-electron chi connectivity index (χ0n) is 16.7. The predicted octanol–water partition coefficient (Wildman–Crippen LogP) is 4.35. The zero-order chi connectivity index (χ0) is 21.1. The van der Waals surface area contributed by atoms with Crippen molar-refractivity contribution in [3.05, 3.63) is 71.4 Å². The summed E-state index contributed by atoms with van der Waals surface area (Å²) in [5.41, 5.74) is 4.94. The molecule has 2 atom stereocenters. The second-order valence-corrected chi connectivity index (χ2v) is 8.01. The SMILES string of the molecule is Cc1ccc(-c2noc([C@H]3C[C@@H]3F)n2)cc1NC(=O)c1cnc2n1Cc1ccccc1-2. The summed E-state index contributed by atoms with van der Waals surface area (Å²) in [6, 6.07) is 13.6. The van der Waals surface area contributed by atoms with Gasteiger partial charge >= 0.3 is 0 Å². The molecule has 0 unspecified atom stereocenters. The van der Waals surface area contributed by atoms with E-state index in [2.05, 4.69) is 20.4 Å². The van der Waals surface area contributed by atoms with E-state index in [1.54, 1.807) is 12.3 Å². The number of benzene rings is 2. The smallest absolute Gasteiger partial charge is 0.273 e. The van der Waals surface area contributed by atoms with Crippen molar-refractivity contribution in [1.82, 2.24) is 19.7 Å². The number of aromatic nitrogens is 4. The summed E-state index contributed by atoms with van der Waals surface area (Å²) >= 11 is 0. The van der Waals surface area contributed by atoms with E-state index in [-0.39, 0.29) is 11.8 Å². The number of imidazole rings is 1. The normalized spacial score (nSPS) is 18.5. The molecule has 0 spiro atoms. The van der Waals surface area contributed by atoms with E-state index in [1.807, 2.05) is 47.9 Å². The largest absolute Gasteiger partial charge is 0.339 e. The number of amides is 1. The maximum Gasteiger partial charge on any atom is 0.273 e. The Labute approximate surface area is 176 Å². The molecule has 2 aromatic carbocycles. The van der Waals surface area contributed by atoms with E-state index in [1.165, 1.54) is 0 Å². The highest BCUT2D eigenvalue weighted by molar-refractivity contribution is 6.04. The maximum absolute atomic E-state index is 13.3. The standard InChI is InChI=1S/C23H18FN5O2/c1-12-6-7-13(20-27-23(31-28-20)16-9-17(16)24)8-18(12)26-22(30)19-10-25-21-15-5-3-2-4-14(15)11-29(19)21/h2-8,10,16-17H,9,11H2,1H3,(H,26,30)/t16-,17-/m0/s1. The lowest BCUT2D eigenvalue weighted by Crippen LogP contribution is -2.17. The van der Waals surface area contributed by atoms with Gasteiger partial charge in [-0.15, -0.1) is 0 Å². The molecular weight excluding hydrogens is 397 g/mol. The number of rotatable bonds is 4. The molecule has 0 radical (unpaired) electrons. The zero-order valence-corrected chi connectivity index (χ0v) is 16.7. The van der Waals surface area contributed by atoms with Crippen LogP contribution in [0, 0.1) is 6.92 Å². The molecule has 6 rings (SSSR count). The molecule has 154 valence electrons. The Morgan fingerprint density at radius 1 is 1.26 bits per heavy atom. The summed E-state index contributed by atoms with van der Waals surface area (Å²) in [5.74, 6) is 0.975. The lowest BCUT2D eigenvalue weighted by atomic mass is 10.1. The number of halogens is 1. The number of nitrogens with one attached hydrogen (secondary N) is 1. The van der Waals surface area contributed by atoms with Gasteiger partial charge in [-0.3, -0.25) is 4.79 Å². The van der Waals surface area contributed by atoms with Crippen LogP contribution in [0.5, 0.6) is 0 Å². The molecule has 31 heavy (non-hydrogen) atoms. The summed E-state index contributed by atoms with van der Waals surface area (Å²) in [7, 11) is 0. The molecule has 1 aliphatic carbocycles. The van der Waals surface area contributed by atoms with Gasteiger partial charge in [0.05, 0.1) is 18.7 Å². The van der Waals surface area contributed by atoms with Crippen LogP contribution in [0.4, 0.5) is 10.1 Å². The Morgan fingerprint density at radius 2 is 2.10 bits per heavy atom. The van der Waals surface area contributed by atoms with Gasteiger partial charge in [-0.25, -0.2) is 9.37 Å². The van der Waals surface area contributed by atoms with E-state index >= 15 is 0 Å². The minimum Gasteiger partial charge on any atom is -0.339 e. The number of fused-ring (bicyclic) bond motifs is 3. The van der Waals surface area contributed by atoms with Crippen molar-refractivity contribution in [3.8, 4) is 22.8 Å². The molecule has 0 saturated heterocycles. The number of anilines is 1. The molecule has 3 heterocycles. The summed E-state index contributed by atoms with van der Waals surface area (Å²) in [6.07, 6.45) is 1.13. The highest BCUT2D eigenvalue weighted by Crippen LogP contribution is 2.43. The molecule has 8 heteroatoms. The summed E-state index contributed by atoms with van der Waals surface area (Å²) in [6.45, 7) is 2.53. The number of aryl methyl sites for hydroxylation is 1. The first kappa shape index (κ1) is 18.0. The fraction of sp³-hybridized carbons (Fsp3) is 0.217. The van der Waals surface area contributed by atoms with Crippen LogP contribution in [0.3, 0.4) is 0 Å². The predicted molar refractivity (Wildman–Crippen MR) is 111 cm³/mol. The summed E-state index contributed by atoms with van der Waals surface area (Å²) in [4.78, 5) is 21.8.